The average Bonchev–Trinajstić information content (AvgIpc) is 3.16. The van der Waals surface area contributed by atoms with Crippen LogP contribution in [0.25, 0.3) is 0 Å². The molecule has 2 atom stereocenters. The summed E-state index contributed by atoms with van der Waals surface area (Å²) >= 11 is 0. The average molecular weight is 249 g/mol. The smallest absolute Gasteiger partial charge is 0.268 e. The summed E-state index contributed by atoms with van der Waals surface area (Å²) in [5.74, 6) is 0.695. The Hall–Kier alpha value is -1.36. The van der Waals surface area contributed by atoms with Crippen LogP contribution in [-0.4, -0.2) is 35.6 Å². The molecule has 5 nitrogen and oxygen atoms in total. The van der Waals surface area contributed by atoms with Crippen molar-refractivity contribution in [3.63, 3.8) is 0 Å². The first-order valence-electron chi connectivity index (χ1n) is 6.66. The lowest BCUT2D eigenvalue weighted by Gasteiger charge is -2.32. The molecule has 1 unspecified atom stereocenters. The molecule has 18 heavy (non-hydrogen) atoms. The molecule has 2 aliphatic heterocycles. The van der Waals surface area contributed by atoms with Gasteiger partial charge >= 0.3 is 0 Å². The molecular weight excluding hydrogens is 230 g/mol. The molecule has 0 aliphatic carbocycles. The Bertz CT molecular complexity index is 481. The first-order chi connectivity index (χ1) is 8.72. The van der Waals surface area contributed by atoms with E-state index in [0.717, 1.165) is 25.4 Å². The Morgan fingerprint density at radius 3 is 3.06 bits per heavy atom. The van der Waals surface area contributed by atoms with Gasteiger partial charge in [-0.25, -0.2) is 4.68 Å². The molecular formula is C13H19N3O2. The van der Waals surface area contributed by atoms with Crippen LogP contribution in [0.15, 0.2) is 17.1 Å². The van der Waals surface area contributed by atoms with Gasteiger partial charge in [0.25, 0.3) is 5.56 Å². The summed E-state index contributed by atoms with van der Waals surface area (Å²) < 4.78 is 6.61. The van der Waals surface area contributed by atoms with Crippen LogP contribution in [0.2, 0.25) is 0 Å². The summed E-state index contributed by atoms with van der Waals surface area (Å²) in [6.07, 6.45) is 4.47. The quantitative estimate of drug-likeness (QED) is 0.746. The van der Waals surface area contributed by atoms with Crippen LogP contribution in [0.4, 0.5) is 5.69 Å². The molecule has 1 aromatic heterocycles. The van der Waals surface area contributed by atoms with Crippen LogP contribution in [0, 0.1) is 5.92 Å². The molecule has 1 aromatic rings. The maximum atomic E-state index is 11.9. The Morgan fingerprint density at radius 2 is 2.39 bits per heavy atom. The Kier molecular flexibility index (Phi) is 3.07. The number of nitrogens with zero attached hydrogens (tertiary/aromatic N) is 3. The molecule has 3 heterocycles. The number of hydrogen-bond acceptors (Lipinski definition) is 4. The minimum Gasteiger partial charge on any atom is -0.371 e. The standard InChI is InChI=1S/C13H19N3O2/c1-10-3-2-4-15(7-10)11-5-13(17)16(14-6-11)8-12-9-18-12/h5-6,10,12H,2-4,7-9H2,1H3/t10?,12-/m1/s1. The number of anilines is 1. The lowest BCUT2D eigenvalue weighted by Crippen LogP contribution is -2.36. The Balaban J connectivity index is 1.76. The van der Waals surface area contributed by atoms with Crippen molar-refractivity contribution in [1.29, 1.82) is 0 Å². The van der Waals surface area contributed by atoms with Gasteiger partial charge in [0, 0.05) is 19.2 Å². The molecule has 2 aliphatic rings. The third-order valence-corrected chi connectivity index (χ3v) is 3.66. The van der Waals surface area contributed by atoms with E-state index in [0.29, 0.717) is 12.5 Å². The largest absolute Gasteiger partial charge is 0.371 e. The summed E-state index contributed by atoms with van der Waals surface area (Å²) in [7, 11) is 0. The molecule has 0 amide bonds. The number of hydrogen-bond donors (Lipinski definition) is 0. The molecule has 0 bridgehead atoms. The lowest BCUT2D eigenvalue weighted by atomic mass is 10.00. The van der Waals surface area contributed by atoms with Crippen molar-refractivity contribution in [2.75, 3.05) is 24.6 Å². The minimum atomic E-state index is -0.0266. The highest BCUT2D eigenvalue weighted by Gasteiger charge is 2.24. The zero-order valence-corrected chi connectivity index (χ0v) is 10.7. The van der Waals surface area contributed by atoms with Crippen LogP contribution < -0.4 is 10.5 Å². The zero-order chi connectivity index (χ0) is 12.5. The number of epoxide rings is 1. The van der Waals surface area contributed by atoms with Crippen molar-refractivity contribution in [3.05, 3.63) is 22.6 Å². The zero-order valence-electron chi connectivity index (χ0n) is 10.7. The van der Waals surface area contributed by atoms with E-state index >= 15 is 0 Å². The van der Waals surface area contributed by atoms with Gasteiger partial charge in [-0.1, -0.05) is 6.92 Å². The summed E-state index contributed by atoms with van der Waals surface area (Å²) in [5.41, 5.74) is 0.931. The van der Waals surface area contributed by atoms with Gasteiger partial charge < -0.3 is 9.64 Å². The first kappa shape index (κ1) is 11.7. The van der Waals surface area contributed by atoms with Crippen molar-refractivity contribution < 1.29 is 4.74 Å². The third kappa shape index (κ3) is 2.56. The number of piperidine rings is 1. The molecule has 0 N–H and O–H groups in total. The molecule has 0 saturated carbocycles. The Morgan fingerprint density at radius 1 is 1.56 bits per heavy atom. The predicted molar refractivity (Wildman–Crippen MR) is 68.8 cm³/mol. The third-order valence-electron chi connectivity index (χ3n) is 3.66. The van der Waals surface area contributed by atoms with E-state index in [2.05, 4.69) is 16.9 Å². The first-order valence-corrected chi connectivity index (χ1v) is 6.66. The van der Waals surface area contributed by atoms with Gasteiger partial charge in [0.1, 0.15) is 6.10 Å². The van der Waals surface area contributed by atoms with E-state index in [4.69, 9.17) is 4.74 Å². The highest BCUT2D eigenvalue weighted by atomic mass is 16.6. The van der Waals surface area contributed by atoms with Crippen LogP contribution in [0.5, 0.6) is 0 Å². The normalized spacial score (nSPS) is 27.3. The van der Waals surface area contributed by atoms with E-state index in [1.54, 1.807) is 6.07 Å². The molecule has 98 valence electrons. The second-order valence-electron chi connectivity index (χ2n) is 5.38. The highest BCUT2D eigenvalue weighted by molar-refractivity contribution is 5.43. The summed E-state index contributed by atoms with van der Waals surface area (Å²) in [6.45, 7) is 5.64. The lowest BCUT2D eigenvalue weighted by molar-refractivity contribution is 0.368. The van der Waals surface area contributed by atoms with Crippen molar-refractivity contribution in [2.24, 2.45) is 5.92 Å². The molecule has 2 fully saturated rings. The van der Waals surface area contributed by atoms with Crippen molar-refractivity contribution in [1.82, 2.24) is 9.78 Å². The van der Waals surface area contributed by atoms with Crippen molar-refractivity contribution in [3.8, 4) is 0 Å². The summed E-state index contributed by atoms with van der Waals surface area (Å²) in [6, 6.07) is 1.70. The molecule has 0 radical (unpaired) electrons. The van der Waals surface area contributed by atoms with Gasteiger partial charge in [0.05, 0.1) is 25.0 Å². The maximum absolute atomic E-state index is 11.9. The van der Waals surface area contributed by atoms with E-state index in [-0.39, 0.29) is 11.7 Å². The van der Waals surface area contributed by atoms with Crippen LogP contribution >= 0.6 is 0 Å². The van der Waals surface area contributed by atoms with Gasteiger partial charge in [-0.2, -0.15) is 5.10 Å². The number of ether oxygens (including phenoxy) is 1. The van der Waals surface area contributed by atoms with Gasteiger partial charge in [0.15, 0.2) is 0 Å². The van der Waals surface area contributed by atoms with Gasteiger partial charge in [-0.15, -0.1) is 0 Å². The second kappa shape index (κ2) is 4.72. The van der Waals surface area contributed by atoms with Crippen molar-refractivity contribution >= 4 is 5.69 Å². The van der Waals surface area contributed by atoms with Crippen LogP contribution in [0.1, 0.15) is 19.8 Å². The second-order valence-corrected chi connectivity index (χ2v) is 5.38. The fraction of sp³-hybridized carbons (Fsp3) is 0.692. The fourth-order valence-electron chi connectivity index (χ4n) is 2.52. The van der Waals surface area contributed by atoms with Gasteiger partial charge in [0.2, 0.25) is 0 Å². The topological polar surface area (TPSA) is 50.7 Å². The summed E-state index contributed by atoms with van der Waals surface area (Å²) in [4.78, 5) is 14.2. The van der Waals surface area contributed by atoms with Gasteiger partial charge in [-0.05, 0) is 18.8 Å². The number of aromatic nitrogens is 2. The van der Waals surface area contributed by atoms with Crippen molar-refractivity contribution in [2.45, 2.75) is 32.4 Å². The molecule has 5 heteroatoms. The van der Waals surface area contributed by atoms with Crippen LogP contribution in [-0.2, 0) is 11.3 Å². The Labute approximate surface area is 106 Å². The minimum absolute atomic E-state index is 0.0266. The predicted octanol–water partition coefficient (Wildman–Crippen LogP) is 0.878. The summed E-state index contributed by atoms with van der Waals surface area (Å²) in [5, 5.41) is 4.24. The maximum Gasteiger partial charge on any atom is 0.268 e. The van der Waals surface area contributed by atoms with E-state index in [9.17, 15) is 4.79 Å². The molecule has 0 aromatic carbocycles. The molecule has 3 rings (SSSR count). The fourth-order valence-corrected chi connectivity index (χ4v) is 2.52. The van der Waals surface area contributed by atoms with Crippen LogP contribution in [0.3, 0.4) is 0 Å². The van der Waals surface area contributed by atoms with E-state index in [1.807, 2.05) is 6.20 Å². The number of rotatable bonds is 3. The monoisotopic (exact) mass is 249 g/mol. The van der Waals surface area contributed by atoms with E-state index < -0.39 is 0 Å². The molecule has 0 spiro atoms. The molecule has 2 saturated heterocycles. The highest BCUT2D eigenvalue weighted by Crippen LogP contribution is 2.21. The van der Waals surface area contributed by atoms with E-state index in [1.165, 1.54) is 17.5 Å². The van der Waals surface area contributed by atoms with Gasteiger partial charge in [-0.3, -0.25) is 4.79 Å². The SMILES string of the molecule is CC1CCCN(c2cnn(C[C@@H]3CO3)c(=O)c2)C1.